The molecule has 3 N–H and O–H groups in total. The predicted octanol–water partition coefficient (Wildman–Crippen LogP) is 3.53. The van der Waals surface area contributed by atoms with E-state index in [9.17, 15) is 14.8 Å². The number of nitrogens with zero attached hydrogens (tertiary/aromatic N) is 6. The number of hydrogen-bond donors (Lipinski definition) is 2. The molecule has 2 fully saturated rings. The molecule has 40 heavy (non-hydrogen) atoms. The number of benzene rings is 2. The number of rotatable bonds is 8. The average Bonchev–Trinajstić information content (AvgIpc) is 3.52. The van der Waals surface area contributed by atoms with Crippen LogP contribution in [0.4, 0.5) is 5.82 Å². The maximum atomic E-state index is 13.8. The third-order valence-electron chi connectivity index (χ3n) is 7.64. The van der Waals surface area contributed by atoms with Crippen LogP contribution >= 0.6 is 0 Å². The van der Waals surface area contributed by atoms with Crippen molar-refractivity contribution < 1.29 is 14.7 Å². The summed E-state index contributed by atoms with van der Waals surface area (Å²) in [5, 5.41) is 11.3. The second kappa shape index (κ2) is 10.9. The summed E-state index contributed by atoms with van der Waals surface area (Å²) >= 11 is 0. The first-order valence-electron chi connectivity index (χ1n) is 13.5. The average molecular weight is 542 g/mol. The summed E-state index contributed by atoms with van der Waals surface area (Å²) in [4.78, 5) is 36.9. The highest BCUT2D eigenvalue weighted by Gasteiger charge is 2.31. The Hall–Kier alpha value is -4.48. The first-order valence-corrected chi connectivity index (χ1v) is 13.5. The van der Waals surface area contributed by atoms with Crippen molar-refractivity contribution in [1.82, 2.24) is 29.1 Å². The zero-order chi connectivity index (χ0) is 27.6. The molecule has 1 saturated heterocycles. The van der Waals surface area contributed by atoms with Gasteiger partial charge >= 0.3 is 5.69 Å². The normalized spacial score (nSPS) is 17.6. The first kappa shape index (κ1) is 25.8. The summed E-state index contributed by atoms with van der Waals surface area (Å²) in [6.07, 6.45) is 8.21. The van der Waals surface area contributed by atoms with Gasteiger partial charge in [-0.2, -0.15) is 5.06 Å². The van der Waals surface area contributed by atoms with Crippen LogP contribution in [0.5, 0.6) is 11.5 Å². The number of carbonyl (C=O) groups excluding carboxylic acids is 1. The standard InChI is InChI=1S/C29H31N7O4/c30-27-26-28(32-19-31-27)36(22-15-17-33(18-22)25(37)10-5-16-34(39)20-6-4-7-20)29(38)35(26)21-11-13-24(14-12-21)40-23-8-2-1-3-9-23/h1-3,5,8-14,19-20,22,39H,4,6-7,15-18H2,(H2,30,31,32)/b10-5+/t22-/m1/s1. The summed E-state index contributed by atoms with van der Waals surface area (Å²) in [7, 11) is 0. The smallest absolute Gasteiger partial charge is 0.335 e. The molecule has 11 nitrogen and oxygen atoms in total. The highest BCUT2D eigenvalue weighted by Crippen LogP contribution is 2.29. The van der Waals surface area contributed by atoms with Crippen LogP contribution in [0, 0.1) is 0 Å². The Bertz CT molecular complexity index is 1590. The molecule has 1 aliphatic heterocycles. The topological polar surface area (TPSA) is 132 Å². The van der Waals surface area contributed by atoms with Gasteiger partial charge in [-0.15, -0.1) is 0 Å². The lowest BCUT2D eigenvalue weighted by molar-refractivity contribution is -0.137. The molecule has 1 atom stereocenters. The van der Waals surface area contributed by atoms with Crippen molar-refractivity contribution in [2.75, 3.05) is 25.4 Å². The number of hydrogen-bond acceptors (Lipinski definition) is 8. The minimum absolute atomic E-state index is 0.149. The number of fused-ring (bicyclic) bond motifs is 1. The number of anilines is 1. The van der Waals surface area contributed by atoms with Crippen molar-refractivity contribution in [2.24, 2.45) is 0 Å². The Morgan fingerprint density at radius 1 is 1.07 bits per heavy atom. The van der Waals surface area contributed by atoms with Crippen LogP contribution < -0.4 is 16.2 Å². The molecule has 1 saturated carbocycles. The van der Waals surface area contributed by atoms with Gasteiger partial charge in [-0.1, -0.05) is 30.7 Å². The van der Waals surface area contributed by atoms with Crippen LogP contribution in [0.2, 0.25) is 0 Å². The van der Waals surface area contributed by atoms with Crippen molar-refractivity contribution in [3.63, 3.8) is 0 Å². The van der Waals surface area contributed by atoms with Crippen LogP contribution in [-0.4, -0.2) is 65.9 Å². The van der Waals surface area contributed by atoms with Gasteiger partial charge in [0.1, 0.15) is 23.3 Å². The zero-order valence-electron chi connectivity index (χ0n) is 22.0. The van der Waals surface area contributed by atoms with E-state index in [-0.39, 0.29) is 29.5 Å². The fourth-order valence-electron chi connectivity index (χ4n) is 5.28. The Morgan fingerprint density at radius 3 is 2.55 bits per heavy atom. The molecule has 0 unspecified atom stereocenters. The number of hydroxylamine groups is 2. The Balaban J connectivity index is 1.23. The van der Waals surface area contributed by atoms with Crippen LogP contribution in [0.15, 0.2) is 77.9 Å². The fraction of sp³-hybridized carbons (Fsp3) is 0.310. The molecule has 1 amide bonds. The van der Waals surface area contributed by atoms with Gasteiger partial charge in [-0.25, -0.2) is 14.8 Å². The van der Waals surface area contributed by atoms with Crippen LogP contribution in [-0.2, 0) is 4.79 Å². The number of nitrogen functional groups attached to an aromatic ring is 1. The quantitative estimate of drug-likeness (QED) is 0.256. The third kappa shape index (κ3) is 4.96. The number of amides is 1. The van der Waals surface area contributed by atoms with Crippen LogP contribution in [0.25, 0.3) is 16.9 Å². The minimum Gasteiger partial charge on any atom is -0.457 e. The van der Waals surface area contributed by atoms with E-state index in [0.717, 1.165) is 19.3 Å². The summed E-state index contributed by atoms with van der Waals surface area (Å²) < 4.78 is 9.02. The number of para-hydroxylation sites is 1. The molecule has 2 aliphatic rings. The van der Waals surface area contributed by atoms with E-state index < -0.39 is 0 Å². The lowest BCUT2D eigenvalue weighted by atomic mass is 9.93. The van der Waals surface area contributed by atoms with Crippen molar-refractivity contribution in [3.8, 4) is 17.2 Å². The van der Waals surface area contributed by atoms with E-state index in [4.69, 9.17) is 10.5 Å². The van der Waals surface area contributed by atoms with Gasteiger partial charge in [0.25, 0.3) is 0 Å². The molecule has 206 valence electrons. The van der Waals surface area contributed by atoms with Crippen molar-refractivity contribution >= 4 is 22.9 Å². The van der Waals surface area contributed by atoms with E-state index in [1.54, 1.807) is 39.8 Å². The highest BCUT2D eigenvalue weighted by atomic mass is 16.5. The first-order chi connectivity index (χ1) is 19.5. The molecule has 4 aromatic rings. The largest absolute Gasteiger partial charge is 0.457 e. The summed E-state index contributed by atoms with van der Waals surface area (Å²) in [5.41, 5.74) is 7.40. The molecule has 6 rings (SSSR count). The second-order valence-corrected chi connectivity index (χ2v) is 10.2. The van der Waals surface area contributed by atoms with Crippen LogP contribution in [0.1, 0.15) is 31.7 Å². The summed E-state index contributed by atoms with van der Waals surface area (Å²) in [6, 6.07) is 16.5. The Labute approximate surface area is 230 Å². The van der Waals surface area contributed by atoms with E-state index in [1.165, 1.54) is 22.0 Å². The van der Waals surface area contributed by atoms with E-state index >= 15 is 0 Å². The maximum absolute atomic E-state index is 13.8. The predicted molar refractivity (Wildman–Crippen MR) is 150 cm³/mol. The number of nitrogens with two attached hydrogens (primary N) is 1. The Kier molecular flexibility index (Phi) is 7.06. The van der Waals surface area contributed by atoms with Gasteiger partial charge in [-0.05, 0) is 55.7 Å². The van der Waals surface area contributed by atoms with E-state index in [2.05, 4.69) is 9.97 Å². The Morgan fingerprint density at radius 2 is 1.82 bits per heavy atom. The molecule has 0 bridgehead atoms. The minimum atomic E-state index is -0.301. The van der Waals surface area contributed by atoms with Crippen molar-refractivity contribution in [3.05, 3.63) is 83.6 Å². The molecule has 3 heterocycles. The van der Waals surface area contributed by atoms with E-state index in [1.807, 2.05) is 30.3 Å². The molecule has 2 aromatic heterocycles. The molecular weight excluding hydrogens is 510 g/mol. The van der Waals surface area contributed by atoms with Gasteiger partial charge < -0.3 is 20.6 Å². The van der Waals surface area contributed by atoms with Crippen LogP contribution in [0.3, 0.4) is 0 Å². The lowest BCUT2D eigenvalue weighted by Gasteiger charge is -2.31. The molecule has 1 aliphatic carbocycles. The second-order valence-electron chi connectivity index (χ2n) is 10.2. The molecule has 2 aromatic carbocycles. The third-order valence-corrected chi connectivity index (χ3v) is 7.64. The van der Waals surface area contributed by atoms with Gasteiger partial charge in [0.15, 0.2) is 11.5 Å². The fourth-order valence-corrected chi connectivity index (χ4v) is 5.28. The molecular formula is C29H31N7O4. The molecule has 0 spiro atoms. The maximum Gasteiger partial charge on any atom is 0.335 e. The van der Waals surface area contributed by atoms with Gasteiger partial charge in [0.2, 0.25) is 5.91 Å². The number of likely N-dealkylation sites (tertiary alicyclic amines) is 1. The van der Waals surface area contributed by atoms with Gasteiger partial charge in [-0.3, -0.25) is 13.9 Å². The monoisotopic (exact) mass is 541 g/mol. The molecule has 11 heteroatoms. The van der Waals surface area contributed by atoms with Gasteiger partial charge in [0.05, 0.1) is 11.7 Å². The van der Waals surface area contributed by atoms with Crippen molar-refractivity contribution in [1.29, 1.82) is 0 Å². The highest BCUT2D eigenvalue weighted by molar-refractivity contribution is 5.88. The molecule has 0 radical (unpaired) electrons. The van der Waals surface area contributed by atoms with E-state index in [0.29, 0.717) is 54.4 Å². The number of imidazole rings is 1. The zero-order valence-corrected chi connectivity index (χ0v) is 22.0. The SMILES string of the molecule is Nc1ncnc2c1n(-c1ccc(Oc3ccccc3)cc1)c(=O)n2[C@@H]1CCN(C(=O)/C=C/CN(O)C2CCC2)C1. The number of ether oxygens (including phenoxy) is 1. The van der Waals surface area contributed by atoms with Gasteiger partial charge in [0, 0.05) is 31.8 Å². The summed E-state index contributed by atoms with van der Waals surface area (Å²) in [5.74, 6) is 1.39. The lowest BCUT2D eigenvalue weighted by Crippen LogP contribution is -2.37. The number of carbonyl (C=O) groups is 1. The summed E-state index contributed by atoms with van der Waals surface area (Å²) in [6.45, 7) is 1.18. The number of aromatic nitrogens is 4. The van der Waals surface area contributed by atoms with Crippen molar-refractivity contribution in [2.45, 2.75) is 37.8 Å².